The van der Waals surface area contributed by atoms with Crippen molar-refractivity contribution in [2.45, 2.75) is 51.0 Å². The third-order valence-electron chi connectivity index (χ3n) is 6.04. The summed E-state index contributed by atoms with van der Waals surface area (Å²) in [6.07, 6.45) is 7.87. The Hall–Kier alpha value is -1.36. The molecular formula is C18H27NO4. The molecule has 128 valence electrons. The topological polar surface area (TPSA) is 66.8 Å². The number of piperidine rings is 1. The molecule has 3 fully saturated rings. The molecule has 1 saturated carbocycles. The molecule has 5 nitrogen and oxygen atoms in total. The highest BCUT2D eigenvalue weighted by molar-refractivity contribution is 5.84. The molecule has 0 bridgehead atoms. The summed E-state index contributed by atoms with van der Waals surface area (Å²) in [6.45, 7) is 5.81. The van der Waals surface area contributed by atoms with Crippen LogP contribution in [0, 0.1) is 17.3 Å². The standard InChI is InChI=1S/C18H27NO4/c1-2-7-18(8-3-9-18)17(22)19-10-4-13(5-11-19)15-14(16(20)21)6-12-23-15/h2,13-15H,1,3-12H2,(H,20,21)/t14-,15-/m0/s1. The van der Waals surface area contributed by atoms with Gasteiger partial charge in [0.25, 0.3) is 0 Å². The third kappa shape index (κ3) is 3.03. The summed E-state index contributed by atoms with van der Waals surface area (Å²) < 4.78 is 5.70. The quantitative estimate of drug-likeness (QED) is 0.790. The lowest BCUT2D eigenvalue weighted by Crippen LogP contribution is -2.51. The largest absolute Gasteiger partial charge is 0.481 e. The fourth-order valence-corrected chi connectivity index (χ4v) is 4.49. The fourth-order valence-electron chi connectivity index (χ4n) is 4.49. The van der Waals surface area contributed by atoms with Crippen molar-refractivity contribution in [3.63, 3.8) is 0 Å². The Balaban J connectivity index is 1.57. The van der Waals surface area contributed by atoms with Crippen LogP contribution in [0.3, 0.4) is 0 Å². The number of allylic oxidation sites excluding steroid dienone is 1. The zero-order chi connectivity index (χ0) is 16.4. The van der Waals surface area contributed by atoms with Crippen molar-refractivity contribution in [2.75, 3.05) is 19.7 Å². The van der Waals surface area contributed by atoms with Crippen molar-refractivity contribution in [3.8, 4) is 0 Å². The number of hydrogen-bond acceptors (Lipinski definition) is 3. The number of aliphatic carboxylic acids is 1. The minimum atomic E-state index is -0.745. The predicted molar refractivity (Wildman–Crippen MR) is 85.9 cm³/mol. The van der Waals surface area contributed by atoms with E-state index in [4.69, 9.17) is 4.74 Å². The van der Waals surface area contributed by atoms with E-state index in [9.17, 15) is 14.7 Å². The molecule has 2 aliphatic heterocycles. The zero-order valence-electron chi connectivity index (χ0n) is 13.7. The summed E-state index contributed by atoms with van der Waals surface area (Å²) in [5, 5.41) is 9.31. The first-order chi connectivity index (χ1) is 11.1. The lowest BCUT2D eigenvalue weighted by Gasteiger charge is -2.45. The van der Waals surface area contributed by atoms with Crippen molar-refractivity contribution in [3.05, 3.63) is 12.7 Å². The lowest BCUT2D eigenvalue weighted by atomic mass is 9.65. The molecule has 2 atom stereocenters. The molecule has 0 radical (unpaired) electrons. The Kier molecular flexibility index (Phi) is 4.76. The Morgan fingerprint density at radius 3 is 2.48 bits per heavy atom. The van der Waals surface area contributed by atoms with Gasteiger partial charge in [-0.15, -0.1) is 6.58 Å². The number of carboxylic acid groups (broad SMARTS) is 1. The molecule has 2 heterocycles. The van der Waals surface area contributed by atoms with Gasteiger partial charge >= 0.3 is 5.97 Å². The normalized spacial score (nSPS) is 30.7. The Labute approximate surface area is 137 Å². The number of rotatable bonds is 5. The van der Waals surface area contributed by atoms with Crippen molar-refractivity contribution in [2.24, 2.45) is 17.3 Å². The van der Waals surface area contributed by atoms with Crippen LogP contribution in [0.1, 0.15) is 44.9 Å². The number of carboxylic acids is 1. The van der Waals surface area contributed by atoms with Crippen LogP contribution in [0.25, 0.3) is 0 Å². The molecule has 3 rings (SSSR count). The van der Waals surface area contributed by atoms with Gasteiger partial charge in [0.2, 0.25) is 5.91 Å². The molecule has 1 N–H and O–H groups in total. The van der Waals surface area contributed by atoms with Crippen LogP contribution in [0.4, 0.5) is 0 Å². The van der Waals surface area contributed by atoms with E-state index >= 15 is 0 Å². The van der Waals surface area contributed by atoms with E-state index in [1.54, 1.807) is 0 Å². The highest BCUT2D eigenvalue weighted by Gasteiger charge is 2.47. The molecule has 0 unspecified atom stereocenters. The van der Waals surface area contributed by atoms with Gasteiger partial charge in [-0.3, -0.25) is 9.59 Å². The van der Waals surface area contributed by atoms with E-state index < -0.39 is 5.97 Å². The molecule has 1 amide bonds. The molecule has 3 aliphatic rings. The zero-order valence-corrected chi connectivity index (χ0v) is 13.7. The number of amides is 1. The van der Waals surface area contributed by atoms with Crippen LogP contribution in [-0.2, 0) is 14.3 Å². The molecular weight excluding hydrogens is 294 g/mol. The summed E-state index contributed by atoms with van der Waals surface area (Å²) in [5.74, 6) is -0.574. The molecule has 5 heteroatoms. The highest BCUT2D eigenvalue weighted by Crippen LogP contribution is 2.46. The van der Waals surface area contributed by atoms with Crippen molar-refractivity contribution in [1.82, 2.24) is 4.90 Å². The van der Waals surface area contributed by atoms with Gasteiger partial charge in [0.1, 0.15) is 0 Å². The lowest BCUT2D eigenvalue weighted by molar-refractivity contribution is -0.151. The number of nitrogens with zero attached hydrogens (tertiary/aromatic N) is 1. The van der Waals surface area contributed by atoms with E-state index in [0.29, 0.717) is 13.0 Å². The number of ether oxygens (including phenoxy) is 1. The fraction of sp³-hybridized carbons (Fsp3) is 0.778. The summed E-state index contributed by atoms with van der Waals surface area (Å²) in [6, 6.07) is 0. The first kappa shape index (κ1) is 16.5. The first-order valence-corrected chi connectivity index (χ1v) is 8.82. The van der Waals surface area contributed by atoms with E-state index in [-0.39, 0.29) is 29.3 Å². The number of likely N-dealkylation sites (tertiary alicyclic amines) is 1. The second-order valence-electron chi connectivity index (χ2n) is 7.33. The van der Waals surface area contributed by atoms with Crippen LogP contribution >= 0.6 is 0 Å². The second-order valence-corrected chi connectivity index (χ2v) is 7.33. The average molecular weight is 321 g/mol. The predicted octanol–water partition coefficient (Wildman–Crippen LogP) is 2.46. The Bertz CT molecular complexity index is 477. The summed E-state index contributed by atoms with van der Waals surface area (Å²) in [5.41, 5.74) is -0.192. The summed E-state index contributed by atoms with van der Waals surface area (Å²) >= 11 is 0. The molecule has 0 aromatic rings. The van der Waals surface area contributed by atoms with E-state index in [2.05, 4.69) is 6.58 Å². The minimum Gasteiger partial charge on any atom is -0.481 e. The van der Waals surface area contributed by atoms with Gasteiger partial charge in [-0.1, -0.05) is 12.5 Å². The highest BCUT2D eigenvalue weighted by atomic mass is 16.5. The first-order valence-electron chi connectivity index (χ1n) is 8.82. The molecule has 23 heavy (non-hydrogen) atoms. The van der Waals surface area contributed by atoms with Crippen molar-refractivity contribution in [1.29, 1.82) is 0 Å². The Morgan fingerprint density at radius 2 is 1.96 bits per heavy atom. The number of carbonyl (C=O) groups is 2. The van der Waals surface area contributed by atoms with Gasteiger partial charge in [-0.2, -0.15) is 0 Å². The monoisotopic (exact) mass is 321 g/mol. The smallest absolute Gasteiger partial charge is 0.309 e. The van der Waals surface area contributed by atoms with Gasteiger partial charge < -0.3 is 14.7 Å². The van der Waals surface area contributed by atoms with Gasteiger partial charge in [-0.25, -0.2) is 0 Å². The summed E-state index contributed by atoms with van der Waals surface area (Å²) in [7, 11) is 0. The maximum Gasteiger partial charge on any atom is 0.309 e. The van der Waals surface area contributed by atoms with Gasteiger partial charge in [-0.05, 0) is 44.4 Å². The Morgan fingerprint density at radius 1 is 1.26 bits per heavy atom. The maximum atomic E-state index is 12.8. The van der Waals surface area contributed by atoms with Crippen LogP contribution < -0.4 is 0 Å². The van der Waals surface area contributed by atoms with E-state index in [1.807, 2.05) is 11.0 Å². The van der Waals surface area contributed by atoms with Gasteiger partial charge in [0, 0.05) is 19.7 Å². The van der Waals surface area contributed by atoms with E-state index in [0.717, 1.165) is 51.6 Å². The van der Waals surface area contributed by atoms with Crippen LogP contribution in [0.2, 0.25) is 0 Å². The summed E-state index contributed by atoms with van der Waals surface area (Å²) in [4.78, 5) is 26.2. The van der Waals surface area contributed by atoms with Gasteiger partial charge in [0.05, 0.1) is 17.4 Å². The van der Waals surface area contributed by atoms with Crippen molar-refractivity contribution >= 4 is 11.9 Å². The molecule has 0 aromatic carbocycles. The van der Waals surface area contributed by atoms with Crippen LogP contribution in [0.5, 0.6) is 0 Å². The molecule has 0 aromatic heterocycles. The molecule has 1 aliphatic carbocycles. The number of carbonyl (C=O) groups excluding carboxylic acids is 1. The number of hydrogen-bond donors (Lipinski definition) is 1. The molecule has 0 spiro atoms. The SMILES string of the molecule is C=CCC1(C(=O)N2CCC([C@@H]3OCC[C@@H]3C(=O)O)CC2)CCC1. The maximum absolute atomic E-state index is 12.8. The third-order valence-corrected chi connectivity index (χ3v) is 6.04. The van der Waals surface area contributed by atoms with E-state index in [1.165, 1.54) is 0 Å². The van der Waals surface area contributed by atoms with Crippen LogP contribution in [-0.4, -0.2) is 47.7 Å². The minimum absolute atomic E-state index is 0.171. The average Bonchev–Trinajstić information content (AvgIpc) is 3.00. The second kappa shape index (κ2) is 6.63. The molecule has 2 saturated heterocycles. The van der Waals surface area contributed by atoms with Crippen molar-refractivity contribution < 1.29 is 19.4 Å². The van der Waals surface area contributed by atoms with Gasteiger partial charge in [0.15, 0.2) is 0 Å². The van der Waals surface area contributed by atoms with Crippen LogP contribution in [0.15, 0.2) is 12.7 Å².